The first-order valence-electron chi connectivity index (χ1n) is 7.13. The molecule has 5 nitrogen and oxygen atoms in total. The third-order valence-corrected chi connectivity index (χ3v) is 3.63. The first-order chi connectivity index (χ1) is 9.28. The maximum Gasteiger partial charge on any atom is 0.227 e. The van der Waals surface area contributed by atoms with Crippen LogP contribution in [0.2, 0.25) is 0 Å². The Hall–Kier alpha value is -1.49. The van der Waals surface area contributed by atoms with Crippen molar-refractivity contribution in [3.05, 3.63) is 18.2 Å². The molecule has 1 aromatic rings. The first-order valence-corrected chi connectivity index (χ1v) is 7.13. The Labute approximate surface area is 119 Å². The average molecular weight is 277 g/mol. The van der Waals surface area contributed by atoms with Gasteiger partial charge in [0.15, 0.2) is 0 Å². The van der Waals surface area contributed by atoms with E-state index in [9.17, 15) is 9.90 Å². The van der Waals surface area contributed by atoms with Gasteiger partial charge in [0.05, 0.1) is 30.1 Å². The summed E-state index contributed by atoms with van der Waals surface area (Å²) in [6.07, 6.45) is 6.78. The summed E-state index contributed by atoms with van der Waals surface area (Å²) >= 11 is 0. The van der Waals surface area contributed by atoms with E-state index in [1.54, 1.807) is 12.4 Å². The molecule has 1 saturated carbocycles. The van der Waals surface area contributed by atoms with E-state index in [0.29, 0.717) is 18.5 Å². The summed E-state index contributed by atoms with van der Waals surface area (Å²) in [5.41, 5.74) is -0.359. The number of hydrogen-bond donors (Lipinski definition) is 2. The summed E-state index contributed by atoms with van der Waals surface area (Å²) in [5.74, 6) is 0.562. The number of aromatic nitrogens is 2. The Kier molecular flexibility index (Phi) is 4.09. The van der Waals surface area contributed by atoms with Crippen LogP contribution < -0.4 is 5.32 Å². The normalized spacial score (nSPS) is 18.0. The van der Waals surface area contributed by atoms with E-state index >= 15 is 0 Å². The third-order valence-electron chi connectivity index (χ3n) is 3.63. The van der Waals surface area contributed by atoms with Gasteiger partial charge in [-0.3, -0.25) is 4.79 Å². The number of anilines is 1. The van der Waals surface area contributed by atoms with E-state index in [4.69, 9.17) is 0 Å². The Balaban J connectivity index is 1.94. The Morgan fingerprint density at radius 3 is 2.35 bits per heavy atom. The van der Waals surface area contributed by atoms with Crippen LogP contribution in [0.4, 0.5) is 5.69 Å². The molecular formula is C15H23N3O2. The lowest BCUT2D eigenvalue weighted by molar-refractivity contribution is -0.120. The largest absolute Gasteiger partial charge is 0.389 e. The molecule has 0 bridgehead atoms. The summed E-state index contributed by atoms with van der Waals surface area (Å²) in [4.78, 5) is 20.5. The van der Waals surface area contributed by atoms with Crippen molar-refractivity contribution in [2.45, 2.75) is 63.9 Å². The Bertz CT molecular complexity index is 471. The molecule has 0 unspecified atom stereocenters. The number of amides is 1. The zero-order chi connectivity index (χ0) is 14.8. The predicted molar refractivity (Wildman–Crippen MR) is 77.4 cm³/mol. The smallest absolute Gasteiger partial charge is 0.227 e. The monoisotopic (exact) mass is 277 g/mol. The Morgan fingerprint density at radius 2 is 1.85 bits per heavy atom. The van der Waals surface area contributed by atoms with Crippen LogP contribution in [0.5, 0.6) is 0 Å². The lowest BCUT2D eigenvalue weighted by atomic mass is 9.96. The highest BCUT2D eigenvalue weighted by molar-refractivity contribution is 5.91. The van der Waals surface area contributed by atoms with E-state index in [2.05, 4.69) is 15.3 Å². The molecule has 2 N–H and O–H groups in total. The van der Waals surface area contributed by atoms with Gasteiger partial charge in [-0.05, 0) is 12.8 Å². The van der Waals surface area contributed by atoms with Gasteiger partial charge in [-0.15, -0.1) is 0 Å². The molecule has 1 aliphatic carbocycles. The van der Waals surface area contributed by atoms with Gasteiger partial charge < -0.3 is 10.4 Å². The van der Waals surface area contributed by atoms with Gasteiger partial charge in [0.2, 0.25) is 5.91 Å². The molecule has 5 heteroatoms. The highest BCUT2D eigenvalue weighted by atomic mass is 16.3. The number of aliphatic hydroxyl groups is 1. The molecular weight excluding hydrogens is 254 g/mol. The number of nitrogens with zero attached hydrogens (tertiary/aromatic N) is 2. The fraction of sp³-hybridized carbons (Fsp3) is 0.667. The molecule has 1 heterocycles. The minimum absolute atomic E-state index is 0.110. The predicted octanol–water partition coefficient (Wildman–Crippen LogP) is 2.41. The van der Waals surface area contributed by atoms with Gasteiger partial charge in [0.25, 0.3) is 0 Å². The van der Waals surface area contributed by atoms with Crippen molar-refractivity contribution in [1.82, 2.24) is 9.97 Å². The zero-order valence-corrected chi connectivity index (χ0v) is 12.4. The average Bonchev–Trinajstić information content (AvgIpc) is 2.74. The van der Waals surface area contributed by atoms with Crippen molar-refractivity contribution in [3.8, 4) is 0 Å². The van der Waals surface area contributed by atoms with Crippen molar-refractivity contribution < 1.29 is 9.90 Å². The van der Waals surface area contributed by atoms with Crippen LogP contribution in [0.1, 0.15) is 58.7 Å². The number of carbonyl (C=O) groups is 1. The van der Waals surface area contributed by atoms with Gasteiger partial charge in [0.1, 0.15) is 5.82 Å². The maximum atomic E-state index is 11.9. The summed E-state index contributed by atoms with van der Waals surface area (Å²) in [7, 11) is 0. The van der Waals surface area contributed by atoms with E-state index < -0.39 is 5.60 Å². The standard InChI is InChI=1S/C15H23N3O2/c1-14(2,3)13-16-9-11(10-17-13)18-12(19)8-15(20)6-4-5-7-15/h9-10,20H,4-8H2,1-3H3,(H,18,19). The third kappa shape index (κ3) is 3.76. The van der Waals surface area contributed by atoms with Gasteiger partial charge in [-0.2, -0.15) is 0 Å². The second kappa shape index (κ2) is 5.48. The van der Waals surface area contributed by atoms with Crippen LogP contribution in [0.3, 0.4) is 0 Å². The zero-order valence-electron chi connectivity index (χ0n) is 12.4. The van der Waals surface area contributed by atoms with Crippen molar-refractivity contribution >= 4 is 11.6 Å². The summed E-state index contributed by atoms with van der Waals surface area (Å²) < 4.78 is 0. The van der Waals surface area contributed by atoms with Crippen LogP contribution in [0.25, 0.3) is 0 Å². The van der Waals surface area contributed by atoms with E-state index in [0.717, 1.165) is 18.7 Å². The van der Waals surface area contributed by atoms with Crippen LogP contribution in [-0.2, 0) is 10.2 Å². The van der Waals surface area contributed by atoms with Crippen molar-refractivity contribution in [2.24, 2.45) is 0 Å². The number of hydrogen-bond acceptors (Lipinski definition) is 4. The second-order valence-electron chi connectivity index (χ2n) is 6.70. The number of nitrogens with one attached hydrogen (secondary N) is 1. The van der Waals surface area contributed by atoms with Gasteiger partial charge in [-0.1, -0.05) is 33.6 Å². The molecule has 0 atom stereocenters. The fourth-order valence-electron chi connectivity index (χ4n) is 2.49. The molecule has 0 aromatic carbocycles. The summed E-state index contributed by atoms with van der Waals surface area (Å²) in [5, 5.41) is 12.9. The summed E-state index contributed by atoms with van der Waals surface area (Å²) in [6.45, 7) is 6.11. The molecule has 0 aliphatic heterocycles. The van der Waals surface area contributed by atoms with E-state index in [1.165, 1.54) is 0 Å². The lowest BCUT2D eigenvalue weighted by Crippen LogP contribution is -2.30. The van der Waals surface area contributed by atoms with Crippen molar-refractivity contribution in [3.63, 3.8) is 0 Å². The van der Waals surface area contributed by atoms with Crippen molar-refractivity contribution in [2.75, 3.05) is 5.32 Å². The first kappa shape index (κ1) is 14.9. The number of carbonyl (C=O) groups excluding carboxylic acids is 1. The molecule has 0 radical (unpaired) electrons. The topological polar surface area (TPSA) is 75.1 Å². The van der Waals surface area contributed by atoms with Gasteiger partial charge in [-0.25, -0.2) is 9.97 Å². The summed E-state index contributed by atoms with van der Waals surface area (Å²) in [6, 6.07) is 0. The molecule has 1 aliphatic rings. The molecule has 20 heavy (non-hydrogen) atoms. The van der Waals surface area contributed by atoms with Crippen LogP contribution in [-0.4, -0.2) is 26.6 Å². The molecule has 1 fully saturated rings. The minimum atomic E-state index is -0.823. The van der Waals surface area contributed by atoms with E-state index in [1.807, 2.05) is 20.8 Å². The maximum absolute atomic E-state index is 11.9. The quantitative estimate of drug-likeness (QED) is 0.889. The van der Waals surface area contributed by atoms with Crippen LogP contribution in [0, 0.1) is 0 Å². The highest BCUT2D eigenvalue weighted by Crippen LogP contribution is 2.32. The second-order valence-corrected chi connectivity index (χ2v) is 6.70. The van der Waals surface area contributed by atoms with Crippen molar-refractivity contribution in [1.29, 1.82) is 0 Å². The molecule has 0 saturated heterocycles. The minimum Gasteiger partial charge on any atom is -0.389 e. The molecule has 1 amide bonds. The molecule has 110 valence electrons. The fourth-order valence-corrected chi connectivity index (χ4v) is 2.49. The Morgan fingerprint density at radius 1 is 1.30 bits per heavy atom. The van der Waals surface area contributed by atoms with Gasteiger partial charge >= 0.3 is 0 Å². The molecule has 2 rings (SSSR count). The lowest BCUT2D eigenvalue weighted by Gasteiger charge is -2.21. The van der Waals surface area contributed by atoms with Gasteiger partial charge in [0, 0.05) is 5.41 Å². The van der Waals surface area contributed by atoms with Crippen LogP contribution in [0.15, 0.2) is 12.4 Å². The SMILES string of the molecule is CC(C)(C)c1ncc(NC(=O)CC2(O)CCCC2)cn1. The highest BCUT2D eigenvalue weighted by Gasteiger charge is 2.33. The van der Waals surface area contributed by atoms with Crippen LogP contribution >= 0.6 is 0 Å². The molecule has 1 aromatic heterocycles. The number of rotatable bonds is 3. The molecule has 0 spiro atoms. The van der Waals surface area contributed by atoms with E-state index in [-0.39, 0.29) is 17.7 Å².